The van der Waals surface area contributed by atoms with Gasteiger partial charge in [-0.2, -0.15) is 0 Å². The first-order valence-electron chi connectivity index (χ1n) is 6.82. The molecule has 0 bridgehead atoms. The zero-order valence-electron chi connectivity index (χ0n) is 13.0. The van der Waals surface area contributed by atoms with Crippen LogP contribution in [0.4, 0.5) is 0 Å². The minimum atomic E-state index is -0.482. The molecule has 0 aliphatic heterocycles. The number of methoxy groups -OCH3 is 2. The molecule has 118 valence electrons. The van der Waals surface area contributed by atoms with E-state index in [4.69, 9.17) is 18.9 Å². The van der Waals surface area contributed by atoms with E-state index in [1.807, 2.05) is 6.92 Å². The second-order valence-electron chi connectivity index (χ2n) is 4.71. The molecule has 0 aliphatic carbocycles. The summed E-state index contributed by atoms with van der Waals surface area (Å²) in [5.74, 6) is -1.30. The van der Waals surface area contributed by atoms with Gasteiger partial charge in [0.15, 0.2) is 0 Å². The summed E-state index contributed by atoms with van der Waals surface area (Å²) in [5.41, 5.74) is 0. The molecule has 0 aliphatic rings. The highest BCUT2D eigenvalue weighted by Gasteiger charge is 2.23. The average molecular weight is 290 g/mol. The predicted molar refractivity (Wildman–Crippen MR) is 73.3 cm³/mol. The highest BCUT2D eigenvalue weighted by molar-refractivity contribution is 5.79. The molecule has 0 aromatic heterocycles. The molecule has 0 aromatic carbocycles. The maximum atomic E-state index is 11.8. The summed E-state index contributed by atoms with van der Waals surface area (Å²) < 4.78 is 20.1. The summed E-state index contributed by atoms with van der Waals surface area (Å²) in [6.45, 7) is 5.79. The van der Waals surface area contributed by atoms with Gasteiger partial charge in [-0.05, 0) is 20.3 Å². The van der Waals surface area contributed by atoms with Gasteiger partial charge in [0.2, 0.25) is 0 Å². The van der Waals surface area contributed by atoms with Crippen LogP contribution in [0.2, 0.25) is 0 Å². The molecule has 6 heteroatoms. The Labute approximate surface area is 120 Å². The van der Waals surface area contributed by atoms with Gasteiger partial charge in [-0.3, -0.25) is 9.59 Å². The standard InChI is InChI=1S/C14H26O6/c1-6-12(14(16)20-9-11(3)18-5)7-13(15)19-8-10(2)17-4/h10-12H,6-9H2,1-5H3. The van der Waals surface area contributed by atoms with Crippen molar-refractivity contribution in [1.29, 1.82) is 0 Å². The van der Waals surface area contributed by atoms with E-state index < -0.39 is 17.9 Å². The first kappa shape index (κ1) is 18.9. The lowest BCUT2D eigenvalue weighted by molar-refractivity contribution is -0.158. The first-order valence-corrected chi connectivity index (χ1v) is 6.82. The second kappa shape index (κ2) is 10.6. The smallest absolute Gasteiger partial charge is 0.309 e. The summed E-state index contributed by atoms with van der Waals surface area (Å²) in [6.07, 6.45) is 0.224. The Bertz CT molecular complexity index is 291. The third-order valence-electron chi connectivity index (χ3n) is 2.98. The molecular formula is C14H26O6. The molecule has 0 N–H and O–H groups in total. The Kier molecular flexibility index (Phi) is 10.0. The van der Waals surface area contributed by atoms with E-state index in [1.165, 1.54) is 0 Å². The van der Waals surface area contributed by atoms with Crippen LogP contribution in [0.5, 0.6) is 0 Å². The molecule has 0 fully saturated rings. The Morgan fingerprint density at radius 3 is 1.90 bits per heavy atom. The van der Waals surface area contributed by atoms with Gasteiger partial charge in [0.05, 0.1) is 24.5 Å². The van der Waals surface area contributed by atoms with Gasteiger partial charge in [0.25, 0.3) is 0 Å². The highest BCUT2D eigenvalue weighted by atomic mass is 16.6. The molecule has 0 amide bonds. The van der Waals surface area contributed by atoms with Gasteiger partial charge in [-0.1, -0.05) is 6.92 Å². The summed E-state index contributed by atoms with van der Waals surface area (Å²) in [5, 5.41) is 0. The van der Waals surface area contributed by atoms with Crippen molar-refractivity contribution >= 4 is 11.9 Å². The zero-order valence-corrected chi connectivity index (χ0v) is 13.0. The van der Waals surface area contributed by atoms with Crippen molar-refractivity contribution < 1.29 is 28.5 Å². The van der Waals surface area contributed by atoms with Gasteiger partial charge >= 0.3 is 11.9 Å². The van der Waals surface area contributed by atoms with Crippen molar-refractivity contribution in [3.8, 4) is 0 Å². The Morgan fingerprint density at radius 1 is 0.950 bits per heavy atom. The van der Waals surface area contributed by atoms with Crippen LogP contribution in [-0.4, -0.2) is 51.6 Å². The van der Waals surface area contributed by atoms with E-state index in [-0.39, 0.29) is 31.8 Å². The molecule has 6 nitrogen and oxygen atoms in total. The van der Waals surface area contributed by atoms with E-state index in [0.29, 0.717) is 6.42 Å². The van der Waals surface area contributed by atoms with Gasteiger partial charge in [-0.25, -0.2) is 0 Å². The van der Waals surface area contributed by atoms with Gasteiger partial charge in [0.1, 0.15) is 13.2 Å². The monoisotopic (exact) mass is 290 g/mol. The SMILES string of the molecule is CCC(CC(=O)OCC(C)OC)C(=O)OCC(C)OC. The van der Waals surface area contributed by atoms with E-state index in [1.54, 1.807) is 28.1 Å². The van der Waals surface area contributed by atoms with Gasteiger partial charge in [0, 0.05) is 14.2 Å². The normalized spacial score (nSPS) is 15.2. The number of hydrogen-bond acceptors (Lipinski definition) is 6. The van der Waals surface area contributed by atoms with Crippen molar-refractivity contribution in [2.24, 2.45) is 5.92 Å². The summed E-state index contributed by atoms with van der Waals surface area (Å²) in [4.78, 5) is 23.4. The van der Waals surface area contributed by atoms with Gasteiger partial charge in [-0.15, -0.1) is 0 Å². The molecular weight excluding hydrogens is 264 g/mol. The minimum absolute atomic E-state index is 0.0210. The summed E-state index contributed by atoms with van der Waals surface area (Å²) in [7, 11) is 3.09. The Hall–Kier alpha value is -1.14. The number of hydrogen-bond donors (Lipinski definition) is 0. The van der Waals surface area contributed by atoms with Crippen LogP contribution in [0.1, 0.15) is 33.6 Å². The molecule has 0 saturated carbocycles. The average Bonchev–Trinajstić information content (AvgIpc) is 2.46. The van der Waals surface area contributed by atoms with Crippen LogP contribution < -0.4 is 0 Å². The Balaban J connectivity index is 4.12. The quantitative estimate of drug-likeness (QED) is 0.569. The van der Waals surface area contributed by atoms with Crippen LogP contribution in [0.25, 0.3) is 0 Å². The van der Waals surface area contributed by atoms with E-state index in [0.717, 1.165) is 0 Å². The fourth-order valence-electron chi connectivity index (χ4n) is 1.32. The van der Waals surface area contributed by atoms with Crippen molar-refractivity contribution in [2.75, 3.05) is 27.4 Å². The molecule has 0 radical (unpaired) electrons. The van der Waals surface area contributed by atoms with Crippen LogP contribution in [-0.2, 0) is 28.5 Å². The van der Waals surface area contributed by atoms with Crippen LogP contribution in [0, 0.1) is 5.92 Å². The van der Waals surface area contributed by atoms with Crippen LogP contribution >= 0.6 is 0 Å². The summed E-state index contributed by atoms with van der Waals surface area (Å²) in [6, 6.07) is 0. The molecule has 3 atom stereocenters. The minimum Gasteiger partial charge on any atom is -0.463 e. The topological polar surface area (TPSA) is 71.1 Å². The van der Waals surface area contributed by atoms with Crippen molar-refractivity contribution in [3.05, 3.63) is 0 Å². The van der Waals surface area contributed by atoms with Crippen molar-refractivity contribution in [1.82, 2.24) is 0 Å². The largest absolute Gasteiger partial charge is 0.463 e. The lowest BCUT2D eigenvalue weighted by atomic mass is 10.0. The zero-order chi connectivity index (χ0) is 15.5. The van der Waals surface area contributed by atoms with Crippen LogP contribution in [0.3, 0.4) is 0 Å². The fourth-order valence-corrected chi connectivity index (χ4v) is 1.32. The maximum absolute atomic E-state index is 11.8. The third kappa shape index (κ3) is 8.12. The molecule has 0 spiro atoms. The third-order valence-corrected chi connectivity index (χ3v) is 2.98. The number of ether oxygens (including phenoxy) is 4. The molecule has 0 rings (SSSR count). The molecule has 0 saturated heterocycles. The molecule has 0 aromatic rings. The number of carbonyl (C=O) groups is 2. The lowest BCUT2D eigenvalue weighted by Crippen LogP contribution is -2.26. The second-order valence-corrected chi connectivity index (χ2v) is 4.71. The number of esters is 2. The highest BCUT2D eigenvalue weighted by Crippen LogP contribution is 2.12. The molecule has 3 unspecified atom stereocenters. The number of rotatable bonds is 10. The van der Waals surface area contributed by atoms with E-state index in [2.05, 4.69) is 0 Å². The van der Waals surface area contributed by atoms with Crippen LogP contribution in [0.15, 0.2) is 0 Å². The number of carbonyl (C=O) groups excluding carboxylic acids is 2. The van der Waals surface area contributed by atoms with Crippen molar-refractivity contribution in [3.63, 3.8) is 0 Å². The first-order chi connectivity index (χ1) is 9.44. The fraction of sp³-hybridized carbons (Fsp3) is 0.857. The lowest BCUT2D eigenvalue weighted by Gasteiger charge is -2.16. The summed E-state index contributed by atoms with van der Waals surface area (Å²) >= 11 is 0. The van der Waals surface area contributed by atoms with E-state index >= 15 is 0 Å². The van der Waals surface area contributed by atoms with Crippen molar-refractivity contribution in [2.45, 2.75) is 45.8 Å². The molecule has 0 heterocycles. The van der Waals surface area contributed by atoms with E-state index in [9.17, 15) is 9.59 Å². The predicted octanol–water partition coefficient (Wildman–Crippen LogP) is 1.56. The van der Waals surface area contributed by atoms with Gasteiger partial charge < -0.3 is 18.9 Å². The molecule has 20 heavy (non-hydrogen) atoms. The maximum Gasteiger partial charge on any atom is 0.309 e. The Morgan fingerprint density at radius 2 is 1.45 bits per heavy atom.